The van der Waals surface area contributed by atoms with Gasteiger partial charge in [-0.2, -0.15) is 0 Å². The van der Waals surface area contributed by atoms with Crippen LogP contribution >= 0.6 is 0 Å². The molecule has 12 rings (SSSR count). The highest BCUT2D eigenvalue weighted by atomic mass is 16.4. The van der Waals surface area contributed by atoms with Gasteiger partial charge in [0, 0.05) is 6.54 Å². The van der Waals surface area contributed by atoms with Crippen LogP contribution in [0.2, 0.25) is 0 Å². The fourth-order valence-corrected chi connectivity index (χ4v) is 13.1. The Bertz CT molecular complexity index is 4930. The lowest BCUT2D eigenvalue weighted by Gasteiger charge is -2.32. The molecule has 2 saturated carbocycles. The lowest BCUT2D eigenvalue weighted by molar-refractivity contribution is -0.147. The van der Waals surface area contributed by atoms with Crippen LogP contribution in [0.5, 0.6) is 5.75 Å². The Morgan fingerprint density at radius 1 is 0.429 bits per heavy atom. The Hall–Kier alpha value is -11.6. The molecule has 682 valence electrons. The van der Waals surface area contributed by atoms with E-state index >= 15 is 0 Å². The molecule has 6 atom stereocenters. The topological polar surface area (TPSA) is 559 Å². The van der Waals surface area contributed by atoms with Crippen LogP contribution < -0.4 is 56.9 Å². The number of aliphatic carboxylic acids is 6. The van der Waals surface area contributed by atoms with Crippen molar-refractivity contribution in [2.75, 3.05) is 0 Å². The number of ketones is 4. The van der Waals surface area contributed by atoms with Crippen molar-refractivity contribution in [1.29, 1.82) is 0 Å². The minimum Gasteiger partial charge on any atom is -0.508 e. The molecule has 1 aliphatic heterocycles. The van der Waals surface area contributed by atoms with Crippen molar-refractivity contribution >= 4 is 80.5 Å². The number of carbonyl (C=O) groups is 10. The van der Waals surface area contributed by atoms with Crippen LogP contribution in [0.25, 0.3) is 32.7 Å². The SMILES string of the molecule is CC(=O)[C@@H](N)Cc1c(C)cc(C)cc1C.CC(=O)[C@@H](N)Cc1c(C)cc(O)cc1C.CC(=O)[C@@H](N)Cc1ccc2ccccc2c1.CC(=O)[C@@H](N)Cc1cccc2ccccc12.CC(C)(N)C(=O)O.CCC(N)(CC)C(=O)O.NC1(C(=O)O)CCC1.NC1(C(=O)O)CCCC1.N[C@@H](Cc1ccc(-c2ccccc2)cc1)C(=O)O.O=C(O)C1Cc2ccccc2CN1. The van der Waals surface area contributed by atoms with E-state index in [-0.39, 0.29) is 41.0 Å². The minimum absolute atomic E-state index is 0.0122. The van der Waals surface area contributed by atoms with Gasteiger partial charge in [-0.25, -0.2) is 0 Å². The molecule has 27 nitrogen and oxygen atoms in total. The van der Waals surface area contributed by atoms with Gasteiger partial charge in [0.15, 0.2) is 0 Å². The van der Waals surface area contributed by atoms with Gasteiger partial charge in [-0.3, -0.25) is 47.9 Å². The van der Waals surface area contributed by atoms with Gasteiger partial charge in [0.05, 0.1) is 24.2 Å². The fourth-order valence-electron chi connectivity index (χ4n) is 13.1. The standard InChI is InChI=1S/C15H15NO2.2C14H15NO.C13H19NO.C12H17NO2.C10H11NO2.C6H11NO2.C6H13NO2.C5H9NO2.C4H9NO2/c16-14(15(17)18)10-11-6-8-13(9-7-11)12-4-2-1-3-5-12;1-10(16)14(15)9-12-7-4-6-11-5-2-3-8-13(11)12;1-10(16)14(15)9-11-6-7-12-4-2-3-5-13(12)8-11;1-8-5-9(2)12(10(3)6-8)7-13(14)11(4)15;1-7-4-10(15)5-8(2)11(7)6-12(13)9(3)14;12-10(13)9-5-7-3-1-2-4-8(7)6-11-9;7-6(5(8)9)3-1-2-4-6;1-3-6(7,4-2)5(8)9;6-5(4(7)8)2-1-3-5;1-4(2,5)3(6)7/h1-9,14H,10,16H2,(H,17,18);2*2-8,14H,9,15H2,1H3;5-6,13H,7,14H2,1-4H3;4-5,12,15H,6,13H2,1-3H3;1-4,9,11H,5-6H2,(H,12,13);1-4,7H2,(H,8,9);3-4,7H2,1-2H3,(H,8,9);1-3,6H2,(H,7,8);5H2,1-2H3,(H,6,7)/t3*14-;13-;12-;;;;;/m00000...../s1. The summed E-state index contributed by atoms with van der Waals surface area (Å²) in [5.74, 6) is -4.97. The van der Waals surface area contributed by atoms with E-state index in [4.69, 9.17) is 82.2 Å². The lowest BCUT2D eigenvalue weighted by Crippen LogP contribution is -2.53. The highest BCUT2D eigenvalue weighted by Crippen LogP contribution is 2.30. The number of carboxylic acid groups (broad SMARTS) is 6. The lowest BCUT2D eigenvalue weighted by atomic mass is 9.78. The smallest absolute Gasteiger partial charge is 0.323 e. The van der Waals surface area contributed by atoms with Gasteiger partial charge in [0.25, 0.3) is 0 Å². The number of Topliss-reactive ketones (excluding diaryl/α,β-unsaturated/α-hetero) is 4. The zero-order valence-corrected chi connectivity index (χ0v) is 75.1. The summed E-state index contributed by atoms with van der Waals surface area (Å²) in [5, 5.41) is 68.2. The zero-order valence-electron chi connectivity index (χ0n) is 75.1. The molecule has 0 spiro atoms. The van der Waals surface area contributed by atoms with Crippen LogP contribution in [-0.2, 0) is 93.0 Å². The van der Waals surface area contributed by atoms with Gasteiger partial charge in [-0.15, -0.1) is 0 Å². The molecular formula is C99H134N10O17. The molecule has 0 radical (unpaired) electrons. The summed E-state index contributed by atoms with van der Waals surface area (Å²) in [6, 6.07) is 59.2. The second kappa shape index (κ2) is 52.4. The van der Waals surface area contributed by atoms with Crippen LogP contribution in [0.1, 0.15) is 180 Å². The highest BCUT2D eigenvalue weighted by Gasteiger charge is 2.40. The van der Waals surface area contributed by atoms with Crippen molar-refractivity contribution in [3.05, 3.63) is 255 Å². The molecule has 9 aromatic carbocycles. The summed E-state index contributed by atoms with van der Waals surface area (Å²) in [6.45, 7) is 23.2. The summed E-state index contributed by atoms with van der Waals surface area (Å²) >= 11 is 0. The van der Waals surface area contributed by atoms with E-state index in [1.807, 2.05) is 135 Å². The van der Waals surface area contributed by atoms with Gasteiger partial charge in [-0.05, 0) is 266 Å². The number of hydrogen-bond acceptors (Lipinski definition) is 21. The summed E-state index contributed by atoms with van der Waals surface area (Å²) in [5.41, 5.74) is 61.8. The molecule has 27 heteroatoms. The molecule has 2 fully saturated rings. The number of benzene rings is 9. The number of nitrogens with two attached hydrogens (primary N) is 9. The minimum atomic E-state index is -1.08. The second-order valence-electron chi connectivity index (χ2n) is 33.1. The van der Waals surface area contributed by atoms with E-state index in [9.17, 15) is 53.1 Å². The molecule has 0 aromatic heterocycles. The van der Waals surface area contributed by atoms with E-state index in [1.165, 1.54) is 84.0 Å². The number of carbonyl (C=O) groups excluding carboxylic acids is 4. The number of phenolic OH excluding ortho intramolecular Hbond substituents is 1. The van der Waals surface area contributed by atoms with Crippen LogP contribution in [0.15, 0.2) is 188 Å². The zero-order chi connectivity index (χ0) is 95.1. The molecule has 0 saturated heterocycles. The van der Waals surface area contributed by atoms with E-state index in [0.717, 1.165) is 69.3 Å². The van der Waals surface area contributed by atoms with Crippen LogP contribution in [-0.4, -0.2) is 153 Å². The summed E-state index contributed by atoms with van der Waals surface area (Å²) in [6.07, 6.45) is 9.76. The average molecular weight is 1740 g/mol. The molecule has 0 amide bonds. The Labute approximate surface area is 740 Å². The number of aromatic hydroxyl groups is 1. The Morgan fingerprint density at radius 2 is 0.817 bits per heavy atom. The molecule has 0 bridgehead atoms. The second-order valence-corrected chi connectivity index (χ2v) is 33.1. The van der Waals surface area contributed by atoms with Crippen LogP contribution in [0.3, 0.4) is 0 Å². The summed E-state index contributed by atoms with van der Waals surface area (Å²) in [4.78, 5) is 107. The van der Waals surface area contributed by atoms with Gasteiger partial charge in [0.2, 0.25) is 0 Å². The van der Waals surface area contributed by atoms with Crippen molar-refractivity contribution in [3.63, 3.8) is 0 Å². The van der Waals surface area contributed by atoms with Gasteiger partial charge in [0.1, 0.15) is 63.1 Å². The normalized spacial score (nSPS) is 14.8. The van der Waals surface area contributed by atoms with E-state index in [2.05, 4.69) is 80.7 Å². The third-order valence-electron chi connectivity index (χ3n) is 22.1. The van der Waals surface area contributed by atoms with Crippen molar-refractivity contribution in [2.24, 2.45) is 51.6 Å². The summed E-state index contributed by atoms with van der Waals surface area (Å²) < 4.78 is 0. The molecule has 9 aromatic rings. The van der Waals surface area contributed by atoms with Crippen molar-refractivity contribution in [2.45, 2.75) is 251 Å². The molecule has 3 aliphatic rings. The Balaban J connectivity index is 0.000000366. The molecule has 126 heavy (non-hydrogen) atoms. The average Bonchev–Trinajstić information content (AvgIpc) is 1.21. The van der Waals surface area contributed by atoms with Crippen molar-refractivity contribution in [1.82, 2.24) is 5.32 Å². The molecule has 1 unspecified atom stereocenters. The number of fused-ring (bicyclic) bond motifs is 3. The Kier molecular flexibility index (Phi) is 45.1. The van der Waals surface area contributed by atoms with E-state index < -0.39 is 82.1 Å². The quantitative estimate of drug-likeness (QED) is 0.0283. The summed E-state index contributed by atoms with van der Waals surface area (Å²) in [7, 11) is 0. The molecular weight excluding hydrogens is 1600 g/mol. The maximum atomic E-state index is 11.2. The first-order chi connectivity index (χ1) is 58.9. The van der Waals surface area contributed by atoms with Crippen molar-refractivity contribution in [3.8, 4) is 16.9 Å². The van der Waals surface area contributed by atoms with Gasteiger partial charge in [-0.1, -0.05) is 208 Å². The maximum Gasteiger partial charge on any atom is 0.323 e. The molecule has 2 aliphatic carbocycles. The Morgan fingerprint density at radius 3 is 1.23 bits per heavy atom. The number of rotatable bonds is 23. The van der Waals surface area contributed by atoms with Crippen LogP contribution in [0, 0.1) is 34.6 Å². The van der Waals surface area contributed by atoms with Gasteiger partial charge >= 0.3 is 35.8 Å². The third kappa shape index (κ3) is 36.9. The maximum absolute atomic E-state index is 11.2. The number of carboxylic acids is 6. The highest BCUT2D eigenvalue weighted by molar-refractivity contribution is 5.89. The van der Waals surface area contributed by atoms with Crippen LogP contribution in [0.4, 0.5) is 0 Å². The number of phenols is 1. The number of aryl methyl sites for hydroxylation is 5. The predicted molar refractivity (Wildman–Crippen MR) is 498 cm³/mol. The molecule has 1 heterocycles. The van der Waals surface area contributed by atoms with Crippen molar-refractivity contribution < 1.29 is 83.7 Å². The number of nitrogens with one attached hydrogen (secondary N) is 1. The van der Waals surface area contributed by atoms with Gasteiger partial charge < -0.3 is 92.7 Å². The largest absolute Gasteiger partial charge is 0.508 e. The fraction of sp³-hybridized carbons (Fsp3) is 0.394. The molecule has 26 N–H and O–H groups in total. The first kappa shape index (κ1) is 109. The monoisotopic (exact) mass is 1730 g/mol. The first-order valence-electron chi connectivity index (χ1n) is 42.0. The first-order valence-corrected chi connectivity index (χ1v) is 42.0. The van der Waals surface area contributed by atoms with E-state index in [0.29, 0.717) is 83.6 Å². The van der Waals surface area contributed by atoms with E-state index in [1.54, 1.807) is 32.9 Å². The number of hydrogen-bond donors (Lipinski definition) is 17. The predicted octanol–water partition coefficient (Wildman–Crippen LogP) is 11.9. The third-order valence-corrected chi connectivity index (χ3v) is 22.1.